The molecule has 0 radical (unpaired) electrons. The predicted octanol–water partition coefficient (Wildman–Crippen LogP) is 6.17. The Morgan fingerprint density at radius 2 is 1.41 bits per heavy atom. The topological polar surface area (TPSA) is 3.24 Å². The lowest BCUT2D eigenvalue weighted by molar-refractivity contribution is 0.781. The van der Waals surface area contributed by atoms with Gasteiger partial charge in [-0.05, 0) is 69.4 Å². The summed E-state index contributed by atoms with van der Waals surface area (Å²) in [5.41, 5.74) is 9.49. The minimum absolute atomic E-state index is 1.07. The van der Waals surface area contributed by atoms with Gasteiger partial charge in [-0.2, -0.15) is 0 Å². The summed E-state index contributed by atoms with van der Waals surface area (Å²) in [4.78, 5) is 2.52. The molecule has 0 fully saturated rings. The molecular weight excluding hydrogens is 266 g/mol. The molecule has 22 heavy (non-hydrogen) atoms. The molecule has 0 spiro atoms. The molecule has 0 aliphatic carbocycles. The fourth-order valence-corrected chi connectivity index (χ4v) is 3.28. The van der Waals surface area contributed by atoms with E-state index in [2.05, 4.69) is 76.8 Å². The molecule has 0 saturated carbocycles. The van der Waals surface area contributed by atoms with Crippen molar-refractivity contribution in [1.29, 1.82) is 0 Å². The molecule has 0 heterocycles. The second-order valence-corrected chi connectivity index (χ2v) is 6.54. The van der Waals surface area contributed by atoms with Crippen molar-refractivity contribution in [3.63, 3.8) is 0 Å². The van der Waals surface area contributed by atoms with Crippen molar-refractivity contribution >= 4 is 11.4 Å². The molecule has 0 aromatic heterocycles. The molecule has 0 amide bonds. The molecule has 0 aliphatic heterocycles. The van der Waals surface area contributed by atoms with Gasteiger partial charge in [0.15, 0.2) is 0 Å². The Bertz CT molecular complexity index is 632. The maximum atomic E-state index is 2.52. The third kappa shape index (κ3) is 3.52. The smallest absolute Gasteiger partial charge is 0.0470 e. The van der Waals surface area contributed by atoms with Crippen LogP contribution in [0.2, 0.25) is 0 Å². The van der Waals surface area contributed by atoms with Crippen LogP contribution >= 0.6 is 0 Å². The minimum atomic E-state index is 1.07. The van der Waals surface area contributed by atoms with E-state index in [1.807, 2.05) is 0 Å². The molecule has 2 aromatic carbocycles. The predicted molar refractivity (Wildman–Crippen MR) is 98.5 cm³/mol. The molecule has 0 atom stereocenters. The van der Waals surface area contributed by atoms with Gasteiger partial charge in [-0.3, -0.25) is 0 Å². The summed E-state index contributed by atoms with van der Waals surface area (Å²) >= 11 is 0. The van der Waals surface area contributed by atoms with Crippen LogP contribution in [-0.4, -0.2) is 6.54 Å². The number of anilines is 2. The van der Waals surface area contributed by atoms with E-state index in [4.69, 9.17) is 0 Å². The zero-order valence-electron chi connectivity index (χ0n) is 15.0. The summed E-state index contributed by atoms with van der Waals surface area (Å²) in [6.07, 6.45) is 2.42. The third-order valence-corrected chi connectivity index (χ3v) is 4.30. The lowest BCUT2D eigenvalue weighted by Crippen LogP contribution is -2.21. The van der Waals surface area contributed by atoms with Crippen LogP contribution in [0.3, 0.4) is 0 Å². The van der Waals surface area contributed by atoms with E-state index in [9.17, 15) is 0 Å². The summed E-state index contributed by atoms with van der Waals surface area (Å²) < 4.78 is 0. The van der Waals surface area contributed by atoms with Gasteiger partial charge in [0.1, 0.15) is 0 Å². The van der Waals surface area contributed by atoms with Crippen molar-refractivity contribution in [3.8, 4) is 0 Å². The first kappa shape index (κ1) is 16.6. The molecule has 0 unspecified atom stereocenters. The van der Waals surface area contributed by atoms with Gasteiger partial charge in [0.2, 0.25) is 0 Å². The van der Waals surface area contributed by atoms with E-state index < -0.39 is 0 Å². The van der Waals surface area contributed by atoms with Gasteiger partial charge in [-0.15, -0.1) is 0 Å². The van der Waals surface area contributed by atoms with Crippen LogP contribution in [0.4, 0.5) is 11.4 Å². The van der Waals surface area contributed by atoms with Crippen LogP contribution in [0.25, 0.3) is 0 Å². The molecule has 0 aliphatic rings. The number of rotatable bonds is 5. The number of nitrogens with zero attached hydrogens (tertiary/aromatic N) is 1. The average molecular weight is 295 g/mol. The maximum absolute atomic E-state index is 2.52. The van der Waals surface area contributed by atoms with Crippen molar-refractivity contribution < 1.29 is 0 Å². The maximum Gasteiger partial charge on any atom is 0.0470 e. The van der Waals surface area contributed by atoms with Crippen molar-refractivity contribution in [2.75, 3.05) is 11.4 Å². The Hall–Kier alpha value is -1.76. The summed E-state index contributed by atoms with van der Waals surface area (Å²) in [5, 5.41) is 0. The SMILES string of the molecule is CCCCN(c1cc(C)ccc1C)c1c(C)cc(C)cc1C. The van der Waals surface area contributed by atoms with Crippen molar-refractivity contribution in [1.82, 2.24) is 0 Å². The van der Waals surface area contributed by atoms with E-state index in [0.29, 0.717) is 0 Å². The first-order valence-electron chi connectivity index (χ1n) is 8.36. The van der Waals surface area contributed by atoms with Gasteiger partial charge in [0, 0.05) is 17.9 Å². The lowest BCUT2D eigenvalue weighted by atomic mass is 10.0. The van der Waals surface area contributed by atoms with Crippen LogP contribution in [0, 0.1) is 34.6 Å². The van der Waals surface area contributed by atoms with Gasteiger partial charge in [0.05, 0.1) is 0 Å². The Morgan fingerprint density at radius 1 is 0.773 bits per heavy atom. The van der Waals surface area contributed by atoms with E-state index in [1.54, 1.807) is 0 Å². The summed E-state index contributed by atoms with van der Waals surface area (Å²) in [7, 11) is 0. The number of unbranched alkanes of at least 4 members (excludes halogenated alkanes) is 1. The minimum Gasteiger partial charge on any atom is -0.341 e. The first-order valence-corrected chi connectivity index (χ1v) is 8.36. The Kier molecular flexibility index (Phi) is 5.28. The first-order chi connectivity index (χ1) is 10.4. The fraction of sp³-hybridized carbons (Fsp3) is 0.429. The highest BCUT2D eigenvalue weighted by atomic mass is 15.1. The molecule has 2 rings (SSSR count). The van der Waals surface area contributed by atoms with Crippen LogP contribution in [-0.2, 0) is 0 Å². The van der Waals surface area contributed by atoms with Gasteiger partial charge in [-0.25, -0.2) is 0 Å². The van der Waals surface area contributed by atoms with Gasteiger partial charge < -0.3 is 4.90 Å². The molecule has 0 bridgehead atoms. The zero-order chi connectivity index (χ0) is 16.3. The summed E-state index contributed by atoms with van der Waals surface area (Å²) in [6.45, 7) is 14.4. The van der Waals surface area contributed by atoms with E-state index in [-0.39, 0.29) is 0 Å². The fourth-order valence-electron chi connectivity index (χ4n) is 3.28. The Labute approximate surface area is 136 Å². The zero-order valence-corrected chi connectivity index (χ0v) is 15.0. The monoisotopic (exact) mass is 295 g/mol. The second-order valence-electron chi connectivity index (χ2n) is 6.54. The average Bonchev–Trinajstić information content (AvgIpc) is 2.44. The number of benzene rings is 2. The molecule has 1 nitrogen and oxygen atoms in total. The quantitative estimate of drug-likeness (QED) is 0.638. The molecule has 118 valence electrons. The Morgan fingerprint density at radius 3 is 2.00 bits per heavy atom. The largest absolute Gasteiger partial charge is 0.341 e. The summed E-state index contributed by atoms with van der Waals surface area (Å²) in [5.74, 6) is 0. The van der Waals surface area contributed by atoms with Crippen molar-refractivity contribution in [2.45, 2.75) is 54.4 Å². The highest BCUT2D eigenvalue weighted by Gasteiger charge is 2.16. The van der Waals surface area contributed by atoms with E-state index in [1.165, 1.54) is 52.0 Å². The molecule has 1 heteroatoms. The molecule has 2 aromatic rings. The van der Waals surface area contributed by atoms with Crippen molar-refractivity contribution in [3.05, 3.63) is 58.1 Å². The second kappa shape index (κ2) is 7.00. The highest BCUT2D eigenvalue weighted by Crippen LogP contribution is 2.35. The van der Waals surface area contributed by atoms with Gasteiger partial charge in [0.25, 0.3) is 0 Å². The van der Waals surface area contributed by atoms with E-state index in [0.717, 1.165) is 6.54 Å². The number of hydrogen-bond donors (Lipinski definition) is 0. The van der Waals surface area contributed by atoms with Crippen molar-refractivity contribution in [2.24, 2.45) is 0 Å². The Balaban J connectivity index is 2.58. The standard InChI is InChI=1S/C21H29N/c1-7-8-11-22(20-14-15(2)9-10-17(20)4)21-18(5)12-16(3)13-19(21)6/h9-10,12-14H,7-8,11H2,1-6H3. The van der Waals surface area contributed by atoms with Gasteiger partial charge >= 0.3 is 0 Å². The molecular formula is C21H29N. The van der Waals surface area contributed by atoms with Crippen LogP contribution < -0.4 is 4.90 Å². The number of aryl methyl sites for hydroxylation is 5. The lowest BCUT2D eigenvalue weighted by Gasteiger charge is -2.30. The van der Waals surface area contributed by atoms with Crippen LogP contribution in [0.5, 0.6) is 0 Å². The van der Waals surface area contributed by atoms with Crippen LogP contribution in [0.1, 0.15) is 47.6 Å². The van der Waals surface area contributed by atoms with E-state index >= 15 is 0 Å². The van der Waals surface area contributed by atoms with Crippen LogP contribution in [0.15, 0.2) is 30.3 Å². The molecule has 0 saturated heterocycles. The molecule has 0 N–H and O–H groups in total. The normalized spacial score (nSPS) is 10.8. The third-order valence-electron chi connectivity index (χ3n) is 4.30. The highest BCUT2D eigenvalue weighted by molar-refractivity contribution is 5.72. The number of hydrogen-bond acceptors (Lipinski definition) is 1. The van der Waals surface area contributed by atoms with Gasteiger partial charge in [-0.1, -0.05) is 43.2 Å². The summed E-state index contributed by atoms with van der Waals surface area (Å²) in [6, 6.07) is 11.4.